The molecule has 0 saturated heterocycles. The van der Waals surface area contributed by atoms with Gasteiger partial charge in [-0.15, -0.1) is 0 Å². The molecule has 6 heterocycles. The summed E-state index contributed by atoms with van der Waals surface area (Å²) in [5.41, 5.74) is 9.59. The average molecular weight is 693 g/mol. The van der Waals surface area contributed by atoms with Gasteiger partial charge in [-0.3, -0.25) is 9.78 Å². The van der Waals surface area contributed by atoms with Gasteiger partial charge in [-0.25, -0.2) is 29.9 Å². The maximum absolute atomic E-state index is 13.9. The number of nitrogens with zero attached hydrogens (tertiary/aromatic N) is 7. The van der Waals surface area contributed by atoms with Crippen LogP contribution in [0.15, 0.2) is 103 Å². The molecule has 0 fully saturated rings. The maximum Gasteiger partial charge on any atom is 0.252 e. The van der Waals surface area contributed by atoms with Crippen LogP contribution < -0.4 is 5.32 Å². The molecule has 7 aromatic rings. The first-order chi connectivity index (χ1) is 26.2. The summed E-state index contributed by atoms with van der Waals surface area (Å²) >= 11 is 0. The van der Waals surface area contributed by atoms with Gasteiger partial charge in [-0.05, 0) is 49.8 Å². The van der Waals surface area contributed by atoms with Crippen molar-refractivity contribution >= 4 is 39.3 Å². The van der Waals surface area contributed by atoms with Crippen molar-refractivity contribution < 1.29 is 4.79 Å². The van der Waals surface area contributed by atoms with Crippen LogP contribution in [-0.4, -0.2) is 57.3 Å². The van der Waals surface area contributed by atoms with Gasteiger partial charge in [-0.2, -0.15) is 0 Å². The molecule has 0 atom stereocenters. The molecule has 0 unspecified atom stereocenters. The minimum Gasteiger partial charge on any atom is -0.352 e. The first-order valence-corrected chi connectivity index (χ1v) is 17.9. The average Bonchev–Trinajstić information content (AvgIpc) is 3.94. The van der Waals surface area contributed by atoms with Gasteiger partial charge in [0.15, 0.2) is 23.3 Å². The molecule has 0 saturated carbocycles. The number of aryl methyl sites for hydroxylation is 1. The number of allylic oxidation sites excluding steroid dienone is 2. The minimum atomic E-state index is -0.182. The number of rotatable bonds is 6. The predicted octanol–water partition coefficient (Wildman–Crippen LogP) is 7.52. The molecule has 3 N–H and O–H groups in total. The fourth-order valence-electron chi connectivity index (χ4n) is 7.44. The Morgan fingerprint density at radius 1 is 0.604 bits per heavy atom. The van der Waals surface area contributed by atoms with Crippen LogP contribution in [0.2, 0.25) is 0 Å². The molecule has 1 aliphatic carbocycles. The summed E-state index contributed by atoms with van der Waals surface area (Å²) in [6, 6.07) is 25.7. The van der Waals surface area contributed by atoms with Gasteiger partial charge in [0.25, 0.3) is 5.91 Å². The topological polar surface area (TPSA) is 151 Å². The van der Waals surface area contributed by atoms with E-state index in [1.54, 1.807) is 6.20 Å². The van der Waals surface area contributed by atoms with E-state index in [-0.39, 0.29) is 5.91 Å². The van der Waals surface area contributed by atoms with Gasteiger partial charge in [0.05, 0.1) is 5.56 Å². The van der Waals surface area contributed by atoms with Crippen LogP contribution in [0.1, 0.15) is 39.9 Å². The highest BCUT2D eigenvalue weighted by Gasteiger charge is 2.27. The van der Waals surface area contributed by atoms with Crippen molar-refractivity contribution in [1.29, 1.82) is 0 Å². The number of benzene rings is 3. The zero-order valence-electron chi connectivity index (χ0n) is 28.6. The first-order valence-electron chi connectivity index (χ1n) is 17.9. The number of aromatic amines is 2. The van der Waals surface area contributed by atoms with Crippen LogP contribution in [0.3, 0.4) is 0 Å². The highest BCUT2D eigenvalue weighted by molar-refractivity contribution is 6.07. The molecule has 3 aliphatic rings. The van der Waals surface area contributed by atoms with Crippen LogP contribution in [-0.2, 0) is 19.3 Å². The molecule has 11 nitrogen and oxygen atoms in total. The Bertz CT molecular complexity index is 2800. The van der Waals surface area contributed by atoms with E-state index in [1.165, 1.54) is 5.56 Å². The second-order valence-corrected chi connectivity index (χ2v) is 13.3. The molecular weight excluding hydrogens is 661 g/mol. The lowest BCUT2D eigenvalue weighted by atomic mass is 10.0. The van der Waals surface area contributed by atoms with E-state index in [4.69, 9.17) is 29.9 Å². The smallest absolute Gasteiger partial charge is 0.252 e. The molecule has 256 valence electrons. The summed E-state index contributed by atoms with van der Waals surface area (Å²) in [4.78, 5) is 55.5. The molecule has 1 amide bonds. The zero-order valence-corrected chi connectivity index (χ0v) is 28.6. The van der Waals surface area contributed by atoms with Crippen molar-refractivity contribution in [2.45, 2.75) is 32.1 Å². The number of carbonyl (C=O) groups is 1. The Balaban J connectivity index is 1.16. The number of pyridine rings is 1. The Hall–Kier alpha value is -6.88. The number of amides is 1. The second-order valence-electron chi connectivity index (χ2n) is 13.3. The molecule has 53 heavy (non-hydrogen) atoms. The molecule has 10 rings (SSSR count). The summed E-state index contributed by atoms with van der Waals surface area (Å²) in [5.74, 6) is 1.84. The summed E-state index contributed by atoms with van der Waals surface area (Å²) in [6.07, 6.45) is 12.1. The van der Waals surface area contributed by atoms with Crippen molar-refractivity contribution in [3.63, 3.8) is 0 Å². The van der Waals surface area contributed by atoms with Crippen LogP contribution in [0.5, 0.6) is 0 Å². The monoisotopic (exact) mass is 692 g/mol. The summed E-state index contributed by atoms with van der Waals surface area (Å²) in [7, 11) is 0. The van der Waals surface area contributed by atoms with Crippen molar-refractivity contribution in [3.05, 3.63) is 126 Å². The molecule has 11 heteroatoms. The Morgan fingerprint density at radius 2 is 1.21 bits per heavy atom. The molecule has 0 radical (unpaired) electrons. The van der Waals surface area contributed by atoms with E-state index >= 15 is 0 Å². The fraction of sp³-hybridized carbons (Fsp3) is 0.143. The largest absolute Gasteiger partial charge is 0.352 e. The second kappa shape index (κ2) is 12.7. The summed E-state index contributed by atoms with van der Waals surface area (Å²) < 4.78 is 0. The van der Waals surface area contributed by atoms with Gasteiger partial charge >= 0.3 is 0 Å². The third kappa shape index (κ3) is 5.45. The Morgan fingerprint density at radius 3 is 1.91 bits per heavy atom. The van der Waals surface area contributed by atoms with E-state index in [0.717, 1.165) is 64.3 Å². The molecule has 2 aliphatic heterocycles. The molecular formula is C42H32N10O. The van der Waals surface area contributed by atoms with Crippen LogP contribution in [0.4, 0.5) is 0 Å². The van der Waals surface area contributed by atoms with E-state index in [1.807, 2.05) is 79.0 Å². The number of H-pyrrole nitrogens is 2. The van der Waals surface area contributed by atoms with Gasteiger partial charge in [0.1, 0.15) is 22.6 Å². The Labute approximate surface area is 303 Å². The van der Waals surface area contributed by atoms with E-state index in [9.17, 15) is 4.79 Å². The van der Waals surface area contributed by atoms with Crippen LogP contribution in [0.25, 0.3) is 78.9 Å². The first kappa shape index (κ1) is 30.9. The standard InChI is InChI=1S/C42H32N10O/c53-42(44-22-8-7-11-24-12-10-21-43-23-24)32-20-9-19-31-33(32)41-51-39-30-18-6-5-17-29(30)37(49-39)47-35-26-14-2-1-13-25(26)34(45-35)46-36-27-15-3-4-16-28(27)38(48-36)50-40(31)52-41/h1-6,9-10,12-14,17-21,23H,7-8,11,15-16,22H2,(H,44,53)(H2,45,46,47,48,49,50,51,52). The molecule has 8 bridgehead atoms. The maximum atomic E-state index is 13.9. The normalized spacial score (nSPS) is 12.7. The molecule has 4 aromatic heterocycles. The zero-order chi connectivity index (χ0) is 35.3. The fourth-order valence-corrected chi connectivity index (χ4v) is 7.44. The lowest BCUT2D eigenvalue weighted by Gasteiger charge is -2.09. The van der Waals surface area contributed by atoms with Gasteiger partial charge in [0, 0.05) is 63.1 Å². The molecule has 0 spiro atoms. The van der Waals surface area contributed by atoms with Gasteiger partial charge < -0.3 is 15.3 Å². The van der Waals surface area contributed by atoms with Gasteiger partial charge in [-0.1, -0.05) is 78.9 Å². The lowest BCUT2D eigenvalue weighted by molar-refractivity contribution is 0.0953. The SMILES string of the molecule is O=C(NCCCCc1cccnc1)c1cccc2c1-c1nc-2nc2[nH]c(nc3nc(nc4[nH]c(n1)c1ccccc41)-c1ccccc1-3)c1c2CC=CC1. The number of aromatic nitrogens is 9. The summed E-state index contributed by atoms with van der Waals surface area (Å²) in [5, 5.41) is 4.90. The number of hydrogen-bond acceptors (Lipinski definition) is 8. The van der Waals surface area contributed by atoms with Crippen LogP contribution >= 0.6 is 0 Å². The third-order valence-corrected chi connectivity index (χ3v) is 10.0. The minimum absolute atomic E-state index is 0.182. The quantitative estimate of drug-likeness (QED) is 0.120. The number of nitrogens with one attached hydrogen (secondary N) is 3. The predicted molar refractivity (Wildman–Crippen MR) is 205 cm³/mol. The lowest BCUT2D eigenvalue weighted by Crippen LogP contribution is -2.25. The highest BCUT2D eigenvalue weighted by atomic mass is 16.1. The van der Waals surface area contributed by atoms with Crippen molar-refractivity contribution in [3.8, 4) is 45.6 Å². The third-order valence-electron chi connectivity index (χ3n) is 10.0. The highest BCUT2D eigenvalue weighted by Crippen LogP contribution is 2.38. The van der Waals surface area contributed by atoms with E-state index < -0.39 is 0 Å². The van der Waals surface area contributed by atoms with Gasteiger partial charge in [0.2, 0.25) is 0 Å². The summed E-state index contributed by atoms with van der Waals surface area (Å²) in [6.45, 7) is 0.542. The number of unbranched alkanes of at least 4 members (excludes halogenated alkanes) is 1. The number of hydrogen-bond donors (Lipinski definition) is 3. The number of fused-ring (bicyclic) bond motifs is 20. The van der Waals surface area contributed by atoms with Crippen molar-refractivity contribution in [2.24, 2.45) is 0 Å². The number of carbonyl (C=O) groups excluding carboxylic acids is 1. The van der Waals surface area contributed by atoms with Crippen molar-refractivity contribution in [1.82, 2.24) is 50.2 Å². The Kier molecular flexibility index (Phi) is 7.41. The van der Waals surface area contributed by atoms with Crippen molar-refractivity contribution in [2.75, 3.05) is 6.54 Å². The van der Waals surface area contributed by atoms with E-state index in [2.05, 4.69) is 38.5 Å². The van der Waals surface area contributed by atoms with E-state index in [0.29, 0.717) is 70.0 Å². The van der Waals surface area contributed by atoms with Crippen LogP contribution in [0, 0.1) is 0 Å². The molecule has 3 aromatic carbocycles.